The highest BCUT2D eigenvalue weighted by atomic mass is 15.1. The lowest BCUT2D eigenvalue weighted by Gasteiger charge is -2.01. The molecule has 0 saturated carbocycles. The van der Waals surface area contributed by atoms with E-state index in [-0.39, 0.29) is 0 Å². The monoisotopic (exact) mass is 388 g/mol. The van der Waals surface area contributed by atoms with Crippen molar-refractivity contribution in [3.63, 3.8) is 0 Å². The van der Waals surface area contributed by atoms with E-state index in [0.29, 0.717) is 0 Å². The first-order valence-corrected chi connectivity index (χ1v) is 9.65. The number of fused-ring (bicyclic) bond motifs is 2. The maximum Gasteiger partial charge on any atom is 0.138 e. The van der Waals surface area contributed by atoms with Crippen molar-refractivity contribution in [1.82, 2.24) is 30.1 Å². The zero-order chi connectivity index (χ0) is 19.9. The zero-order valence-corrected chi connectivity index (χ0v) is 15.9. The molecule has 0 amide bonds. The fraction of sp³-hybridized carbons (Fsp3) is 0. The molecule has 142 valence electrons. The number of hydrogen-bond acceptors (Lipinski definition) is 4. The Labute approximate surface area is 171 Å². The summed E-state index contributed by atoms with van der Waals surface area (Å²) in [6.07, 6.45) is 7.25. The third kappa shape index (κ3) is 2.66. The number of rotatable bonds is 3. The van der Waals surface area contributed by atoms with Crippen LogP contribution >= 0.6 is 0 Å². The van der Waals surface area contributed by atoms with Crippen LogP contribution < -0.4 is 0 Å². The van der Waals surface area contributed by atoms with Crippen LogP contribution in [0, 0.1) is 0 Å². The van der Waals surface area contributed by atoms with Crippen LogP contribution in [-0.4, -0.2) is 30.1 Å². The normalized spacial score (nSPS) is 11.3. The molecule has 0 saturated heterocycles. The molecular formula is C24H16N6. The largest absolute Gasteiger partial charge is 0.338 e. The van der Waals surface area contributed by atoms with Crippen molar-refractivity contribution in [2.45, 2.75) is 0 Å². The van der Waals surface area contributed by atoms with Gasteiger partial charge in [0.05, 0.1) is 16.9 Å². The SMILES string of the molecule is c1ccc(-c2ccnc3[nH]c(-c4n[nH]c5ccc(-c6cccnc6)cc45)cc23)nc1. The molecule has 0 radical (unpaired) electrons. The highest BCUT2D eigenvalue weighted by Crippen LogP contribution is 2.33. The zero-order valence-electron chi connectivity index (χ0n) is 15.9. The topological polar surface area (TPSA) is 83.1 Å². The van der Waals surface area contributed by atoms with Crippen molar-refractivity contribution in [3.8, 4) is 33.8 Å². The molecule has 5 aromatic heterocycles. The third-order valence-electron chi connectivity index (χ3n) is 5.29. The minimum Gasteiger partial charge on any atom is -0.338 e. The molecule has 1 aromatic carbocycles. The summed E-state index contributed by atoms with van der Waals surface area (Å²) in [6, 6.07) is 20.3. The number of benzene rings is 1. The smallest absolute Gasteiger partial charge is 0.138 e. The minimum absolute atomic E-state index is 0.813. The first kappa shape index (κ1) is 16.6. The molecular weight excluding hydrogens is 372 g/mol. The highest BCUT2D eigenvalue weighted by molar-refractivity contribution is 6.00. The van der Waals surface area contributed by atoms with Gasteiger partial charge in [-0.1, -0.05) is 18.2 Å². The molecule has 0 unspecified atom stereocenters. The second-order valence-electron chi connectivity index (χ2n) is 7.09. The molecule has 6 nitrogen and oxygen atoms in total. The van der Waals surface area contributed by atoms with Gasteiger partial charge in [-0.05, 0) is 48.0 Å². The molecule has 6 rings (SSSR count). The number of H-pyrrole nitrogens is 2. The first-order valence-electron chi connectivity index (χ1n) is 9.65. The number of pyridine rings is 3. The number of aromatic nitrogens is 6. The van der Waals surface area contributed by atoms with E-state index in [1.165, 1.54) is 0 Å². The van der Waals surface area contributed by atoms with E-state index in [1.807, 2.05) is 42.6 Å². The van der Waals surface area contributed by atoms with Gasteiger partial charge in [0.15, 0.2) is 0 Å². The summed E-state index contributed by atoms with van der Waals surface area (Å²) >= 11 is 0. The van der Waals surface area contributed by atoms with E-state index in [4.69, 9.17) is 0 Å². The summed E-state index contributed by atoms with van der Waals surface area (Å²) in [5.74, 6) is 0. The van der Waals surface area contributed by atoms with Crippen molar-refractivity contribution in [2.24, 2.45) is 0 Å². The number of nitrogens with zero attached hydrogens (tertiary/aromatic N) is 4. The van der Waals surface area contributed by atoms with Gasteiger partial charge in [0, 0.05) is 46.7 Å². The van der Waals surface area contributed by atoms with Gasteiger partial charge in [0.1, 0.15) is 11.3 Å². The number of aromatic amines is 2. The van der Waals surface area contributed by atoms with E-state index in [9.17, 15) is 0 Å². The molecule has 6 aromatic rings. The molecule has 0 aliphatic carbocycles. The van der Waals surface area contributed by atoms with E-state index < -0.39 is 0 Å². The summed E-state index contributed by atoms with van der Waals surface area (Å²) in [6.45, 7) is 0. The first-order chi connectivity index (χ1) is 14.9. The maximum atomic E-state index is 4.58. The predicted molar refractivity (Wildman–Crippen MR) is 118 cm³/mol. The summed E-state index contributed by atoms with van der Waals surface area (Å²) in [4.78, 5) is 16.7. The van der Waals surface area contributed by atoms with Crippen LogP contribution in [0.5, 0.6) is 0 Å². The van der Waals surface area contributed by atoms with Crippen LogP contribution in [0.2, 0.25) is 0 Å². The lowest BCUT2D eigenvalue weighted by atomic mass is 10.0. The summed E-state index contributed by atoms with van der Waals surface area (Å²) in [7, 11) is 0. The van der Waals surface area contributed by atoms with Crippen LogP contribution in [0.25, 0.3) is 55.7 Å². The fourth-order valence-electron chi connectivity index (χ4n) is 3.83. The summed E-state index contributed by atoms with van der Waals surface area (Å²) in [5, 5.41) is 9.78. The van der Waals surface area contributed by atoms with Crippen LogP contribution in [0.15, 0.2) is 85.5 Å². The molecule has 0 spiro atoms. The van der Waals surface area contributed by atoms with Crippen LogP contribution in [-0.2, 0) is 0 Å². The highest BCUT2D eigenvalue weighted by Gasteiger charge is 2.15. The van der Waals surface area contributed by atoms with E-state index in [2.05, 4.69) is 54.4 Å². The van der Waals surface area contributed by atoms with Gasteiger partial charge < -0.3 is 4.98 Å². The average Bonchev–Trinajstić information content (AvgIpc) is 3.43. The molecule has 0 fully saturated rings. The third-order valence-corrected chi connectivity index (χ3v) is 5.29. The minimum atomic E-state index is 0.813. The van der Waals surface area contributed by atoms with Gasteiger partial charge >= 0.3 is 0 Å². The number of nitrogens with one attached hydrogen (secondary N) is 2. The van der Waals surface area contributed by atoms with Gasteiger partial charge in [-0.15, -0.1) is 0 Å². The molecule has 30 heavy (non-hydrogen) atoms. The fourth-order valence-corrected chi connectivity index (χ4v) is 3.83. The lowest BCUT2D eigenvalue weighted by molar-refractivity contribution is 1.12. The second kappa shape index (κ2) is 6.63. The molecule has 2 N–H and O–H groups in total. The molecule has 0 aliphatic heterocycles. The van der Waals surface area contributed by atoms with Crippen LogP contribution in [0.4, 0.5) is 0 Å². The van der Waals surface area contributed by atoms with Crippen molar-refractivity contribution in [3.05, 3.63) is 85.5 Å². The molecule has 0 atom stereocenters. The van der Waals surface area contributed by atoms with Crippen molar-refractivity contribution < 1.29 is 0 Å². The molecule has 0 aliphatic rings. The Hall–Kier alpha value is -4.32. The maximum absolute atomic E-state index is 4.58. The van der Waals surface area contributed by atoms with E-state index in [1.54, 1.807) is 18.6 Å². The average molecular weight is 388 g/mol. The van der Waals surface area contributed by atoms with Gasteiger partial charge in [-0.25, -0.2) is 4.98 Å². The Morgan fingerprint density at radius 3 is 2.60 bits per heavy atom. The van der Waals surface area contributed by atoms with Gasteiger partial charge in [-0.3, -0.25) is 15.1 Å². The summed E-state index contributed by atoms with van der Waals surface area (Å²) in [5.41, 5.74) is 7.70. The van der Waals surface area contributed by atoms with Crippen molar-refractivity contribution in [2.75, 3.05) is 0 Å². The Morgan fingerprint density at radius 1 is 0.733 bits per heavy atom. The standard InChI is InChI=1S/C24H16N6/c1-2-10-26-20(5-1)17-8-11-27-24-18(17)13-22(28-24)23-19-12-15(6-7-21(19)29-30-23)16-4-3-9-25-14-16/h1-14H,(H,27,28)(H,29,30). The number of hydrogen-bond donors (Lipinski definition) is 2. The van der Waals surface area contributed by atoms with E-state index >= 15 is 0 Å². The van der Waals surface area contributed by atoms with Crippen molar-refractivity contribution in [1.29, 1.82) is 0 Å². The van der Waals surface area contributed by atoms with Gasteiger partial charge in [-0.2, -0.15) is 5.10 Å². The predicted octanol–water partition coefficient (Wildman–Crippen LogP) is 5.23. The molecule has 5 heterocycles. The van der Waals surface area contributed by atoms with Crippen molar-refractivity contribution >= 4 is 21.9 Å². The Morgan fingerprint density at radius 2 is 1.73 bits per heavy atom. The quantitative estimate of drug-likeness (QED) is 0.435. The van der Waals surface area contributed by atoms with Crippen LogP contribution in [0.3, 0.4) is 0 Å². The van der Waals surface area contributed by atoms with Gasteiger partial charge in [0.25, 0.3) is 0 Å². The van der Waals surface area contributed by atoms with Gasteiger partial charge in [0.2, 0.25) is 0 Å². The molecule has 0 bridgehead atoms. The Bertz CT molecular complexity index is 1480. The lowest BCUT2D eigenvalue weighted by Crippen LogP contribution is -1.84. The Kier molecular flexibility index (Phi) is 3.67. The second-order valence-corrected chi connectivity index (χ2v) is 7.09. The molecule has 6 heteroatoms. The summed E-state index contributed by atoms with van der Waals surface area (Å²) < 4.78 is 0. The Balaban J connectivity index is 1.52. The van der Waals surface area contributed by atoms with Crippen LogP contribution in [0.1, 0.15) is 0 Å². The van der Waals surface area contributed by atoms with E-state index in [0.717, 1.165) is 55.7 Å².